The van der Waals surface area contributed by atoms with Crippen molar-refractivity contribution in [3.8, 4) is 0 Å². The van der Waals surface area contributed by atoms with Gasteiger partial charge in [0.15, 0.2) is 6.10 Å². The highest BCUT2D eigenvalue weighted by Gasteiger charge is 2.26. The van der Waals surface area contributed by atoms with Gasteiger partial charge < -0.3 is 20.1 Å². The zero-order valence-electron chi connectivity index (χ0n) is 52.9. The van der Waals surface area contributed by atoms with Crippen LogP contribution in [-0.2, 0) is 32.7 Å². The first-order chi connectivity index (χ1) is 40.8. The van der Waals surface area contributed by atoms with Gasteiger partial charge in [0.1, 0.15) is 6.61 Å². The third-order valence-corrected chi connectivity index (χ3v) is 14.7. The molecule has 0 rings (SSSR count). The van der Waals surface area contributed by atoms with Crippen LogP contribution in [0.25, 0.3) is 0 Å². The molecule has 0 amide bonds. The number of carbonyl (C=O) groups is 2. The maximum Gasteiger partial charge on any atom is 0.472 e. The fourth-order valence-corrected chi connectivity index (χ4v) is 9.58. The maximum atomic E-state index is 12.7. The molecule has 0 fully saturated rings. The topological polar surface area (TPSA) is 134 Å². The molecule has 0 aromatic carbocycles. The van der Waals surface area contributed by atoms with E-state index >= 15 is 0 Å². The Morgan fingerprint density at radius 3 is 0.988 bits per heavy atom. The van der Waals surface area contributed by atoms with Gasteiger partial charge in [-0.1, -0.05) is 282 Å². The van der Waals surface area contributed by atoms with Crippen molar-refractivity contribution in [1.82, 2.24) is 0 Å². The standard InChI is InChI=1S/C73H122NO8P/c1-3-5-7-9-11-13-15-17-19-21-23-25-26-27-28-29-30-31-32-33-34-35-36-37-38-39-40-41-42-43-44-46-48-50-52-54-56-58-60-62-64-66-73(76)82-71(70-81-83(77,78)80-68-67-74)69-79-72(75)65-63-61-59-57-55-53-51-49-47-45-24-22-20-18-16-14-12-10-8-6-4-2/h5,7,11,13,16-19,22-25,27-28,30-31,33-34,36-37,39-40,42-43,71H,3-4,6,8-10,12,14-15,20-21,26,29,32,35,38,41,44-70,74H2,1-2H3,(H,77,78)/b7-5-,13-11-,18-16-,19-17-,24-22-,25-23-,28-27-,31-30-,34-33-,37-36-,40-39-,43-42-. The van der Waals surface area contributed by atoms with Crippen LogP contribution in [0.5, 0.6) is 0 Å². The molecule has 0 saturated carbocycles. The number of unbranched alkanes of at least 4 members (excludes halogenated alkanes) is 24. The van der Waals surface area contributed by atoms with Gasteiger partial charge in [0.2, 0.25) is 0 Å². The Balaban J connectivity index is 3.96. The quantitative estimate of drug-likeness (QED) is 0.0264. The lowest BCUT2D eigenvalue weighted by Gasteiger charge is -2.19. The molecule has 3 N–H and O–H groups in total. The predicted molar refractivity (Wildman–Crippen MR) is 357 cm³/mol. The minimum absolute atomic E-state index is 0.0460. The molecule has 9 nitrogen and oxygen atoms in total. The molecule has 10 heteroatoms. The summed E-state index contributed by atoms with van der Waals surface area (Å²) in [4.78, 5) is 35.3. The lowest BCUT2D eigenvalue weighted by Crippen LogP contribution is -2.29. The molecule has 0 saturated heterocycles. The molecular formula is C73H122NO8P. The van der Waals surface area contributed by atoms with E-state index in [2.05, 4.69) is 160 Å². The first-order valence-electron chi connectivity index (χ1n) is 33.3. The van der Waals surface area contributed by atoms with Crippen molar-refractivity contribution in [3.63, 3.8) is 0 Å². The number of hydrogen-bond donors (Lipinski definition) is 2. The first-order valence-corrected chi connectivity index (χ1v) is 34.8. The number of esters is 2. The number of hydrogen-bond acceptors (Lipinski definition) is 8. The van der Waals surface area contributed by atoms with Gasteiger partial charge in [0, 0.05) is 19.4 Å². The molecule has 0 radical (unpaired) electrons. The van der Waals surface area contributed by atoms with Crippen molar-refractivity contribution < 1.29 is 37.6 Å². The third-order valence-electron chi connectivity index (χ3n) is 13.7. The Bertz CT molecular complexity index is 1870. The lowest BCUT2D eigenvalue weighted by atomic mass is 10.0. The van der Waals surface area contributed by atoms with Crippen LogP contribution >= 0.6 is 7.82 Å². The molecule has 2 atom stereocenters. The second-order valence-electron chi connectivity index (χ2n) is 21.6. The number of phosphoric ester groups is 1. The van der Waals surface area contributed by atoms with Crippen LogP contribution in [0, 0.1) is 0 Å². The number of phosphoric acid groups is 1. The average Bonchev–Trinajstić information content (AvgIpc) is 3.49. The van der Waals surface area contributed by atoms with E-state index in [1.54, 1.807) is 0 Å². The molecule has 0 aliphatic rings. The van der Waals surface area contributed by atoms with Gasteiger partial charge in [0.25, 0.3) is 0 Å². The van der Waals surface area contributed by atoms with Gasteiger partial charge in [-0.3, -0.25) is 18.6 Å². The second kappa shape index (κ2) is 67.0. The fourth-order valence-electron chi connectivity index (χ4n) is 8.81. The fraction of sp³-hybridized carbons (Fsp3) is 0.644. The van der Waals surface area contributed by atoms with Crippen molar-refractivity contribution in [2.24, 2.45) is 5.73 Å². The van der Waals surface area contributed by atoms with Crippen LogP contribution in [0.2, 0.25) is 0 Å². The van der Waals surface area contributed by atoms with Crippen LogP contribution in [0.1, 0.15) is 271 Å². The van der Waals surface area contributed by atoms with E-state index in [0.717, 1.165) is 128 Å². The van der Waals surface area contributed by atoms with Gasteiger partial charge in [-0.25, -0.2) is 4.57 Å². The molecule has 0 bridgehead atoms. The minimum atomic E-state index is -4.40. The van der Waals surface area contributed by atoms with E-state index in [1.807, 2.05) is 0 Å². The van der Waals surface area contributed by atoms with Crippen LogP contribution in [-0.4, -0.2) is 49.3 Å². The zero-order chi connectivity index (χ0) is 60.1. The van der Waals surface area contributed by atoms with E-state index in [0.29, 0.717) is 6.42 Å². The van der Waals surface area contributed by atoms with Crippen LogP contribution < -0.4 is 5.73 Å². The van der Waals surface area contributed by atoms with Gasteiger partial charge in [-0.2, -0.15) is 0 Å². The Labute approximate surface area is 509 Å². The molecule has 0 heterocycles. The Morgan fingerprint density at radius 2 is 0.663 bits per heavy atom. The van der Waals surface area contributed by atoms with Gasteiger partial charge in [-0.15, -0.1) is 0 Å². The number of carbonyl (C=O) groups excluding carboxylic acids is 2. The van der Waals surface area contributed by atoms with E-state index in [9.17, 15) is 19.0 Å². The van der Waals surface area contributed by atoms with E-state index < -0.39 is 26.5 Å². The Kier molecular flexibility index (Phi) is 63.7. The molecule has 2 unspecified atom stereocenters. The zero-order valence-corrected chi connectivity index (χ0v) is 53.8. The molecule has 472 valence electrons. The van der Waals surface area contributed by atoms with Crippen molar-refractivity contribution in [1.29, 1.82) is 0 Å². The molecule has 83 heavy (non-hydrogen) atoms. The van der Waals surface area contributed by atoms with E-state index in [-0.39, 0.29) is 38.6 Å². The average molecular weight is 1170 g/mol. The Morgan fingerprint density at radius 1 is 0.373 bits per heavy atom. The van der Waals surface area contributed by atoms with E-state index in [1.165, 1.54) is 109 Å². The largest absolute Gasteiger partial charge is 0.472 e. The monoisotopic (exact) mass is 1170 g/mol. The maximum absolute atomic E-state index is 12.7. The number of allylic oxidation sites excluding steroid dienone is 24. The predicted octanol–water partition coefficient (Wildman–Crippen LogP) is 21.9. The summed E-state index contributed by atoms with van der Waals surface area (Å²) in [6.07, 6.45) is 96.3. The SMILES string of the molecule is CC/C=C\C/C=C\C/C=C\C/C=C\C/C=C\C/C=C\C/C=C\C/C=C\C/C=C\C/C=C\CCCCCCCCCCCCC(=O)OC(COC(=O)CCCCCCCCCCC/C=C\C/C=C\CCCCCCC)COP(=O)(O)OCCN. The summed E-state index contributed by atoms with van der Waals surface area (Å²) in [5.41, 5.74) is 5.39. The second-order valence-corrected chi connectivity index (χ2v) is 23.1. The first kappa shape index (κ1) is 78.9. The molecule has 0 aromatic heterocycles. The van der Waals surface area contributed by atoms with Crippen LogP contribution in [0.15, 0.2) is 146 Å². The summed E-state index contributed by atoms with van der Waals surface area (Å²) in [6, 6.07) is 0. The van der Waals surface area contributed by atoms with Crippen molar-refractivity contribution in [2.75, 3.05) is 26.4 Å². The highest BCUT2D eigenvalue weighted by molar-refractivity contribution is 7.47. The number of nitrogens with two attached hydrogens (primary N) is 1. The van der Waals surface area contributed by atoms with Gasteiger partial charge >= 0.3 is 19.8 Å². The van der Waals surface area contributed by atoms with Gasteiger partial charge in [-0.05, 0) is 122 Å². The molecular weight excluding hydrogens is 1050 g/mol. The highest BCUT2D eigenvalue weighted by Crippen LogP contribution is 2.43. The van der Waals surface area contributed by atoms with Crippen LogP contribution in [0.3, 0.4) is 0 Å². The number of ether oxygens (including phenoxy) is 2. The summed E-state index contributed by atoms with van der Waals surface area (Å²) < 4.78 is 33.1. The summed E-state index contributed by atoms with van der Waals surface area (Å²) in [5.74, 6) is -0.841. The van der Waals surface area contributed by atoms with E-state index in [4.69, 9.17) is 24.3 Å². The molecule has 0 aliphatic heterocycles. The van der Waals surface area contributed by atoms with Crippen molar-refractivity contribution in [2.45, 2.75) is 277 Å². The molecule has 0 aromatic rings. The minimum Gasteiger partial charge on any atom is -0.462 e. The summed E-state index contributed by atoms with van der Waals surface area (Å²) in [7, 11) is -4.40. The van der Waals surface area contributed by atoms with Crippen molar-refractivity contribution in [3.05, 3.63) is 146 Å². The molecule has 0 spiro atoms. The normalized spacial score (nSPS) is 13.9. The lowest BCUT2D eigenvalue weighted by molar-refractivity contribution is -0.161. The Hall–Kier alpha value is -4.11. The number of rotatable bonds is 61. The summed E-state index contributed by atoms with van der Waals surface area (Å²) in [6.45, 7) is 3.61. The summed E-state index contributed by atoms with van der Waals surface area (Å²) in [5, 5.41) is 0. The molecule has 0 aliphatic carbocycles. The highest BCUT2D eigenvalue weighted by atomic mass is 31.2. The van der Waals surface area contributed by atoms with Crippen LogP contribution in [0.4, 0.5) is 0 Å². The van der Waals surface area contributed by atoms with Gasteiger partial charge in [0.05, 0.1) is 13.2 Å². The summed E-state index contributed by atoms with van der Waals surface area (Å²) >= 11 is 0. The third kappa shape index (κ3) is 66.9. The smallest absolute Gasteiger partial charge is 0.462 e. The van der Waals surface area contributed by atoms with Crippen molar-refractivity contribution >= 4 is 19.8 Å².